The zero-order valence-electron chi connectivity index (χ0n) is 10.8. The van der Waals surface area contributed by atoms with Crippen molar-refractivity contribution in [1.82, 2.24) is 0 Å². The molecule has 2 aromatic carbocycles. The van der Waals surface area contributed by atoms with Crippen LogP contribution >= 0.6 is 11.6 Å². The molecule has 106 valence electrons. The maximum absolute atomic E-state index is 13.9. The van der Waals surface area contributed by atoms with E-state index < -0.39 is 11.6 Å². The average molecular weight is 299 g/mol. The Hall–Kier alpha value is -1.81. The Balaban J connectivity index is 2.14. The van der Waals surface area contributed by atoms with Crippen LogP contribution in [0.5, 0.6) is 11.5 Å². The summed E-state index contributed by atoms with van der Waals surface area (Å²) in [6.45, 7) is -0.0196. The van der Waals surface area contributed by atoms with E-state index in [1.165, 1.54) is 25.3 Å². The van der Waals surface area contributed by atoms with Gasteiger partial charge in [-0.15, -0.1) is 11.6 Å². The predicted molar refractivity (Wildman–Crippen MR) is 73.2 cm³/mol. The highest BCUT2D eigenvalue weighted by molar-refractivity contribution is 6.17. The summed E-state index contributed by atoms with van der Waals surface area (Å²) in [5, 5.41) is 0. The Labute approximate surface area is 120 Å². The SMILES string of the molecule is COc1cccc(COc2cc(F)cc(CCl)c2)c1F. The lowest BCUT2D eigenvalue weighted by atomic mass is 10.2. The molecule has 0 unspecified atom stereocenters. The van der Waals surface area contributed by atoms with Crippen molar-refractivity contribution in [1.29, 1.82) is 0 Å². The van der Waals surface area contributed by atoms with Gasteiger partial charge in [0, 0.05) is 17.5 Å². The van der Waals surface area contributed by atoms with Crippen molar-refractivity contribution < 1.29 is 18.3 Å². The summed E-state index contributed by atoms with van der Waals surface area (Å²) >= 11 is 5.65. The summed E-state index contributed by atoms with van der Waals surface area (Å²) in [6, 6.07) is 8.94. The maximum Gasteiger partial charge on any atom is 0.171 e. The lowest BCUT2D eigenvalue weighted by Crippen LogP contribution is -2.01. The van der Waals surface area contributed by atoms with E-state index in [1.54, 1.807) is 18.2 Å². The van der Waals surface area contributed by atoms with Gasteiger partial charge in [0.25, 0.3) is 0 Å². The van der Waals surface area contributed by atoms with Crippen molar-refractivity contribution in [3.05, 3.63) is 59.2 Å². The van der Waals surface area contributed by atoms with Crippen molar-refractivity contribution in [2.24, 2.45) is 0 Å². The monoisotopic (exact) mass is 298 g/mol. The smallest absolute Gasteiger partial charge is 0.171 e. The number of hydrogen-bond donors (Lipinski definition) is 0. The zero-order valence-corrected chi connectivity index (χ0v) is 11.6. The van der Waals surface area contributed by atoms with Crippen molar-refractivity contribution in [3.63, 3.8) is 0 Å². The molecule has 2 nitrogen and oxygen atoms in total. The Morgan fingerprint density at radius 1 is 1.15 bits per heavy atom. The third-order valence-electron chi connectivity index (χ3n) is 2.74. The molecule has 0 fully saturated rings. The van der Waals surface area contributed by atoms with E-state index in [2.05, 4.69) is 0 Å². The molecular formula is C15H13ClF2O2. The van der Waals surface area contributed by atoms with Crippen LogP contribution in [0.25, 0.3) is 0 Å². The lowest BCUT2D eigenvalue weighted by Gasteiger charge is -2.10. The zero-order chi connectivity index (χ0) is 14.5. The van der Waals surface area contributed by atoms with Gasteiger partial charge in [-0.05, 0) is 23.8 Å². The van der Waals surface area contributed by atoms with Crippen LogP contribution in [0.15, 0.2) is 36.4 Å². The molecule has 0 aliphatic heterocycles. The number of ether oxygens (including phenoxy) is 2. The molecule has 5 heteroatoms. The van der Waals surface area contributed by atoms with Gasteiger partial charge < -0.3 is 9.47 Å². The molecule has 0 aliphatic rings. The van der Waals surface area contributed by atoms with Crippen LogP contribution in [0.3, 0.4) is 0 Å². The minimum absolute atomic E-state index is 0.0196. The fourth-order valence-corrected chi connectivity index (χ4v) is 1.92. The van der Waals surface area contributed by atoms with E-state index in [1.807, 2.05) is 0 Å². The fourth-order valence-electron chi connectivity index (χ4n) is 1.77. The first-order valence-electron chi connectivity index (χ1n) is 5.93. The summed E-state index contributed by atoms with van der Waals surface area (Å²) < 4.78 is 37.5. The van der Waals surface area contributed by atoms with E-state index >= 15 is 0 Å². The highest BCUT2D eigenvalue weighted by Gasteiger charge is 2.09. The van der Waals surface area contributed by atoms with Gasteiger partial charge in [0.15, 0.2) is 11.6 Å². The molecule has 2 aromatic rings. The Morgan fingerprint density at radius 2 is 1.95 bits per heavy atom. The minimum atomic E-state index is -0.482. The number of rotatable bonds is 5. The quantitative estimate of drug-likeness (QED) is 0.767. The Bertz CT molecular complexity index is 602. The Kier molecular flexibility index (Phi) is 4.79. The van der Waals surface area contributed by atoms with Crippen molar-refractivity contribution >= 4 is 11.6 Å². The molecule has 0 amide bonds. The van der Waals surface area contributed by atoms with Gasteiger partial charge in [0.2, 0.25) is 0 Å². The molecule has 0 spiro atoms. The van der Waals surface area contributed by atoms with Crippen molar-refractivity contribution in [2.75, 3.05) is 7.11 Å². The number of benzene rings is 2. The molecule has 0 aliphatic carbocycles. The normalized spacial score (nSPS) is 10.4. The molecule has 0 heterocycles. The van der Waals surface area contributed by atoms with E-state index in [0.717, 1.165) is 0 Å². The second-order valence-electron chi connectivity index (χ2n) is 4.15. The highest BCUT2D eigenvalue weighted by Crippen LogP contribution is 2.23. The molecule has 0 bridgehead atoms. The second kappa shape index (κ2) is 6.57. The third kappa shape index (κ3) is 3.39. The van der Waals surface area contributed by atoms with Crippen LogP contribution in [-0.2, 0) is 12.5 Å². The molecule has 0 aromatic heterocycles. The first kappa shape index (κ1) is 14.6. The maximum atomic E-state index is 13.9. The second-order valence-corrected chi connectivity index (χ2v) is 4.42. The summed E-state index contributed by atoms with van der Waals surface area (Å²) in [4.78, 5) is 0. The fraction of sp³-hybridized carbons (Fsp3) is 0.200. The number of halogens is 3. The molecular weight excluding hydrogens is 286 g/mol. The summed E-state index contributed by atoms with van der Waals surface area (Å²) in [7, 11) is 1.39. The van der Waals surface area contributed by atoms with Gasteiger partial charge >= 0.3 is 0 Å². The standard InChI is InChI=1S/C15H13ClF2O2/c1-19-14-4-2-3-11(15(14)18)9-20-13-6-10(8-16)5-12(17)7-13/h2-7H,8-9H2,1H3. The van der Waals surface area contributed by atoms with E-state index in [4.69, 9.17) is 21.1 Å². The molecule has 2 rings (SSSR count). The molecule has 0 saturated heterocycles. The number of hydrogen-bond acceptors (Lipinski definition) is 2. The summed E-state index contributed by atoms with van der Waals surface area (Å²) in [5.41, 5.74) is 0.939. The van der Waals surface area contributed by atoms with Crippen LogP contribution in [0.1, 0.15) is 11.1 Å². The molecule has 0 saturated carbocycles. The largest absolute Gasteiger partial charge is 0.494 e. The number of methoxy groups -OCH3 is 1. The summed E-state index contributed by atoms with van der Waals surface area (Å²) in [5.74, 6) is -0.287. The summed E-state index contributed by atoms with van der Waals surface area (Å²) in [6.07, 6.45) is 0. The molecule has 0 N–H and O–H groups in total. The number of alkyl halides is 1. The first-order valence-corrected chi connectivity index (χ1v) is 6.47. The van der Waals surface area contributed by atoms with Crippen molar-refractivity contribution in [3.8, 4) is 11.5 Å². The van der Waals surface area contributed by atoms with Gasteiger partial charge in [0.05, 0.1) is 7.11 Å². The molecule has 0 atom stereocenters. The Morgan fingerprint density at radius 3 is 2.65 bits per heavy atom. The van der Waals surface area contributed by atoms with Crippen LogP contribution in [-0.4, -0.2) is 7.11 Å². The van der Waals surface area contributed by atoms with Crippen LogP contribution in [0.4, 0.5) is 8.78 Å². The topological polar surface area (TPSA) is 18.5 Å². The third-order valence-corrected chi connectivity index (χ3v) is 3.05. The highest BCUT2D eigenvalue weighted by atomic mass is 35.5. The van der Waals surface area contributed by atoms with Gasteiger partial charge in [-0.3, -0.25) is 0 Å². The average Bonchev–Trinajstić information content (AvgIpc) is 2.45. The van der Waals surface area contributed by atoms with Gasteiger partial charge in [-0.1, -0.05) is 12.1 Å². The van der Waals surface area contributed by atoms with Gasteiger partial charge in [-0.2, -0.15) is 0 Å². The van der Waals surface area contributed by atoms with Crippen molar-refractivity contribution in [2.45, 2.75) is 12.5 Å². The van der Waals surface area contributed by atoms with Crippen LogP contribution < -0.4 is 9.47 Å². The van der Waals surface area contributed by atoms with E-state index in [-0.39, 0.29) is 18.2 Å². The lowest BCUT2D eigenvalue weighted by molar-refractivity contribution is 0.294. The van der Waals surface area contributed by atoms with E-state index in [9.17, 15) is 8.78 Å². The van der Waals surface area contributed by atoms with Gasteiger partial charge in [0.1, 0.15) is 18.2 Å². The molecule has 20 heavy (non-hydrogen) atoms. The van der Waals surface area contributed by atoms with Crippen LogP contribution in [0, 0.1) is 11.6 Å². The van der Waals surface area contributed by atoms with E-state index in [0.29, 0.717) is 16.9 Å². The first-order chi connectivity index (χ1) is 9.63. The van der Waals surface area contributed by atoms with Gasteiger partial charge in [-0.25, -0.2) is 8.78 Å². The van der Waals surface area contributed by atoms with Crippen LogP contribution in [0.2, 0.25) is 0 Å². The molecule has 0 radical (unpaired) electrons. The minimum Gasteiger partial charge on any atom is -0.494 e. The predicted octanol–water partition coefficient (Wildman–Crippen LogP) is 4.29.